The van der Waals surface area contributed by atoms with E-state index in [9.17, 15) is 4.79 Å². The summed E-state index contributed by atoms with van der Waals surface area (Å²) >= 11 is 0. The van der Waals surface area contributed by atoms with Crippen LogP contribution in [0.25, 0.3) is 0 Å². The number of benzene rings is 1. The van der Waals surface area contributed by atoms with E-state index >= 15 is 0 Å². The lowest BCUT2D eigenvalue weighted by Gasteiger charge is -2.18. The molecule has 0 saturated carbocycles. The molecule has 0 spiro atoms. The average Bonchev–Trinajstić information content (AvgIpc) is 2.36. The summed E-state index contributed by atoms with van der Waals surface area (Å²) in [5.74, 6) is -0.456. The van der Waals surface area contributed by atoms with E-state index in [-0.39, 0.29) is 6.29 Å². The predicted molar refractivity (Wildman–Crippen MR) is 70.5 cm³/mol. The SMILES string of the molecule is CCOC(CNc1ccccc1C(N)=O)OCC. The number of nitrogens with one attached hydrogen (secondary N) is 1. The fourth-order valence-corrected chi connectivity index (χ4v) is 1.58. The molecule has 0 aromatic heterocycles. The number of carbonyl (C=O) groups excluding carboxylic acids is 1. The molecule has 5 heteroatoms. The highest BCUT2D eigenvalue weighted by Crippen LogP contribution is 2.14. The summed E-state index contributed by atoms with van der Waals surface area (Å²) in [4.78, 5) is 11.2. The summed E-state index contributed by atoms with van der Waals surface area (Å²) in [7, 11) is 0. The van der Waals surface area contributed by atoms with Crippen LogP contribution in [-0.4, -0.2) is 32.0 Å². The minimum Gasteiger partial charge on any atom is -0.379 e. The van der Waals surface area contributed by atoms with Gasteiger partial charge in [-0.25, -0.2) is 0 Å². The number of rotatable bonds is 8. The van der Waals surface area contributed by atoms with Crippen LogP contribution in [0.4, 0.5) is 5.69 Å². The number of primary amides is 1. The molecule has 1 aromatic rings. The van der Waals surface area contributed by atoms with Gasteiger partial charge >= 0.3 is 0 Å². The lowest BCUT2D eigenvalue weighted by Crippen LogP contribution is -2.27. The van der Waals surface area contributed by atoms with Gasteiger partial charge in [0.25, 0.3) is 5.91 Å². The van der Waals surface area contributed by atoms with Crippen molar-refractivity contribution in [1.29, 1.82) is 0 Å². The fraction of sp³-hybridized carbons (Fsp3) is 0.462. The maximum absolute atomic E-state index is 11.2. The van der Waals surface area contributed by atoms with E-state index in [1.807, 2.05) is 19.9 Å². The Bertz CT molecular complexity index is 376. The van der Waals surface area contributed by atoms with Crippen LogP contribution in [0, 0.1) is 0 Å². The van der Waals surface area contributed by atoms with Gasteiger partial charge in [-0.2, -0.15) is 0 Å². The molecule has 1 rings (SSSR count). The molecule has 18 heavy (non-hydrogen) atoms. The lowest BCUT2D eigenvalue weighted by atomic mass is 10.1. The number of carbonyl (C=O) groups is 1. The molecule has 0 saturated heterocycles. The van der Waals surface area contributed by atoms with Crippen molar-refractivity contribution in [3.05, 3.63) is 29.8 Å². The first kappa shape index (κ1) is 14.5. The topological polar surface area (TPSA) is 73.6 Å². The summed E-state index contributed by atoms with van der Waals surface area (Å²) < 4.78 is 10.8. The van der Waals surface area contributed by atoms with Gasteiger partial charge in [-0.15, -0.1) is 0 Å². The molecular formula is C13H20N2O3. The van der Waals surface area contributed by atoms with Crippen LogP contribution in [0.15, 0.2) is 24.3 Å². The molecule has 0 unspecified atom stereocenters. The summed E-state index contributed by atoms with van der Waals surface area (Å²) in [6.45, 7) is 5.42. The summed E-state index contributed by atoms with van der Waals surface area (Å²) in [5.41, 5.74) is 6.45. The normalized spacial score (nSPS) is 10.6. The number of nitrogens with two attached hydrogens (primary N) is 1. The Kier molecular flexibility index (Phi) is 6.18. The molecule has 1 amide bonds. The van der Waals surface area contributed by atoms with Crippen LogP contribution in [0.3, 0.4) is 0 Å². The van der Waals surface area contributed by atoms with E-state index in [2.05, 4.69) is 5.32 Å². The first-order valence-electron chi connectivity index (χ1n) is 6.04. The Morgan fingerprint density at radius 2 is 1.89 bits per heavy atom. The smallest absolute Gasteiger partial charge is 0.250 e. The summed E-state index contributed by atoms with van der Waals surface area (Å²) in [6.07, 6.45) is -0.332. The average molecular weight is 252 g/mol. The maximum Gasteiger partial charge on any atom is 0.250 e. The zero-order chi connectivity index (χ0) is 13.4. The number of amides is 1. The quantitative estimate of drug-likeness (QED) is 0.689. The van der Waals surface area contributed by atoms with Crippen molar-refractivity contribution in [2.75, 3.05) is 25.1 Å². The van der Waals surface area contributed by atoms with Crippen molar-refractivity contribution >= 4 is 11.6 Å². The first-order chi connectivity index (χ1) is 8.69. The Morgan fingerprint density at radius 3 is 2.44 bits per heavy atom. The second-order valence-electron chi connectivity index (χ2n) is 3.63. The van der Waals surface area contributed by atoms with Gasteiger partial charge in [0.1, 0.15) is 0 Å². The molecule has 3 N–H and O–H groups in total. The highest BCUT2D eigenvalue weighted by molar-refractivity contribution is 5.98. The molecule has 1 aromatic carbocycles. The molecular weight excluding hydrogens is 232 g/mol. The number of hydrogen-bond donors (Lipinski definition) is 2. The Hall–Kier alpha value is -1.59. The van der Waals surface area contributed by atoms with Crippen molar-refractivity contribution < 1.29 is 14.3 Å². The molecule has 0 fully saturated rings. The molecule has 100 valence electrons. The van der Waals surface area contributed by atoms with E-state index in [0.29, 0.717) is 31.0 Å². The Labute approximate surface area is 107 Å². The first-order valence-corrected chi connectivity index (χ1v) is 6.04. The zero-order valence-corrected chi connectivity index (χ0v) is 10.8. The number of anilines is 1. The second-order valence-corrected chi connectivity index (χ2v) is 3.63. The molecule has 0 atom stereocenters. The third-order valence-electron chi connectivity index (χ3n) is 2.36. The van der Waals surface area contributed by atoms with Crippen LogP contribution in [0.1, 0.15) is 24.2 Å². The molecule has 0 aliphatic carbocycles. The third-order valence-corrected chi connectivity index (χ3v) is 2.36. The van der Waals surface area contributed by atoms with Crippen LogP contribution < -0.4 is 11.1 Å². The molecule has 0 aliphatic rings. The molecule has 0 radical (unpaired) electrons. The highest BCUT2D eigenvalue weighted by Gasteiger charge is 2.10. The van der Waals surface area contributed by atoms with Crippen molar-refractivity contribution in [3.63, 3.8) is 0 Å². The molecule has 0 aliphatic heterocycles. The summed E-state index contributed by atoms with van der Waals surface area (Å²) in [5, 5.41) is 3.11. The maximum atomic E-state index is 11.2. The van der Waals surface area contributed by atoms with Crippen molar-refractivity contribution in [2.45, 2.75) is 20.1 Å². The summed E-state index contributed by atoms with van der Waals surface area (Å²) in [6, 6.07) is 7.09. The van der Waals surface area contributed by atoms with Gasteiger partial charge in [-0.3, -0.25) is 4.79 Å². The van der Waals surface area contributed by atoms with Gasteiger partial charge in [-0.05, 0) is 26.0 Å². The Morgan fingerprint density at radius 1 is 1.28 bits per heavy atom. The van der Waals surface area contributed by atoms with Crippen molar-refractivity contribution in [1.82, 2.24) is 0 Å². The van der Waals surface area contributed by atoms with Crippen molar-refractivity contribution in [3.8, 4) is 0 Å². The number of ether oxygens (including phenoxy) is 2. The fourth-order valence-electron chi connectivity index (χ4n) is 1.58. The van der Waals surface area contributed by atoms with Crippen LogP contribution >= 0.6 is 0 Å². The van der Waals surface area contributed by atoms with Gasteiger partial charge < -0.3 is 20.5 Å². The van der Waals surface area contributed by atoms with E-state index in [1.165, 1.54) is 0 Å². The van der Waals surface area contributed by atoms with Crippen LogP contribution in [-0.2, 0) is 9.47 Å². The predicted octanol–water partition coefficient (Wildman–Crippen LogP) is 1.60. The third kappa shape index (κ3) is 4.35. The van der Waals surface area contributed by atoms with E-state index < -0.39 is 5.91 Å². The van der Waals surface area contributed by atoms with Gasteiger partial charge in [0, 0.05) is 18.9 Å². The van der Waals surface area contributed by atoms with Gasteiger partial charge in [-0.1, -0.05) is 12.1 Å². The minimum absolute atomic E-state index is 0.332. The van der Waals surface area contributed by atoms with Crippen LogP contribution in [0.5, 0.6) is 0 Å². The lowest BCUT2D eigenvalue weighted by molar-refractivity contribution is -0.126. The molecule has 0 heterocycles. The number of hydrogen-bond acceptors (Lipinski definition) is 4. The van der Waals surface area contributed by atoms with Crippen LogP contribution in [0.2, 0.25) is 0 Å². The van der Waals surface area contributed by atoms with E-state index in [4.69, 9.17) is 15.2 Å². The Balaban J connectivity index is 2.63. The molecule has 5 nitrogen and oxygen atoms in total. The van der Waals surface area contributed by atoms with Gasteiger partial charge in [0.15, 0.2) is 6.29 Å². The van der Waals surface area contributed by atoms with Gasteiger partial charge in [0.05, 0.1) is 12.1 Å². The zero-order valence-electron chi connectivity index (χ0n) is 10.8. The monoisotopic (exact) mass is 252 g/mol. The largest absolute Gasteiger partial charge is 0.379 e. The van der Waals surface area contributed by atoms with Gasteiger partial charge in [0.2, 0.25) is 0 Å². The minimum atomic E-state index is -0.456. The van der Waals surface area contributed by atoms with E-state index in [1.54, 1.807) is 18.2 Å². The van der Waals surface area contributed by atoms with E-state index in [0.717, 1.165) is 0 Å². The number of para-hydroxylation sites is 1. The standard InChI is InChI=1S/C13H20N2O3/c1-3-17-12(18-4-2)9-15-11-8-6-5-7-10(11)13(14)16/h5-8,12,15H,3-4,9H2,1-2H3,(H2,14,16). The second kappa shape index (κ2) is 7.68. The highest BCUT2D eigenvalue weighted by atomic mass is 16.7. The van der Waals surface area contributed by atoms with Crippen molar-refractivity contribution in [2.24, 2.45) is 5.73 Å². The molecule has 0 bridgehead atoms.